The minimum atomic E-state index is -1.72. The van der Waals surface area contributed by atoms with E-state index in [1.54, 1.807) is 0 Å². The van der Waals surface area contributed by atoms with Crippen molar-refractivity contribution in [1.82, 2.24) is 0 Å². The minimum absolute atomic E-state index is 0.0318. The van der Waals surface area contributed by atoms with Gasteiger partial charge in [-0.25, -0.2) is 0 Å². The molecule has 0 amide bonds. The molecule has 0 aromatic heterocycles. The minimum Gasteiger partial charge on any atom is -0.417 e. The van der Waals surface area contributed by atoms with Gasteiger partial charge >= 0.3 is 0 Å². The summed E-state index contributed by atoms with van der Waals surface area (Å²) in [5, 5.41) is 0.239. The predicted molar refractivity (Wildman–Crippen MR) is 105 cm³/mol. The number of rotatable bonds is 4. The Balaban J connectivity index is 2.16. The number of ketones is 1. The monoisotopic (exact) mass is 348 g/mol. The van der Waals surface area contributed by atoms with Gasteiger partial charge in [0.25, 0.3) is 0 Å². The van der Waals surface area contributed by atoms with E-state index in [0.29, 0.717) is 17.6 Å². The molecule has 0 aliphatic heterocycles. The largest absolute Gasteiger partial charge is 0.417 e. The maximum atomic E-state index is 12.7. The van der Waals surface area contributed by atoms with Crippen LogP contribution in [0.15, 0.2) is 24.3 Å². The van der Waals surface area contributed by atoms with Gasteiger partial charge in [0, 0.05) is 12.0 Å². The van der Waals surface area contributed by atoms with E-state index in [4.69, 9.17) is 4.43 Å². The SMILES string of the molecule is C[C@H]1C=CC[C@@H]2[C@@]1(C)C(=O)C=C[C@@]2(C)CCO[Si](C)(C)C(C)(C)C. The summed E-state index contributed by atoms with van der Waals surface area (Å²) in [7, 11) is -1.72. The summed E-state index contributed by atoms with van der Waals surface area (Å²) in [6.07, 6.45) is 10.5. The van der Waals surface area contributed by atoms with E-state index in [9.17, 15) is 4.79 Å². The van der Waals surface area contributed by atoms with E-state index in [0.717, 1.165) is 19.4 Å². The van der Waals surface area contributed by atoms with Gasteiger partial charge in [-0.3, -0.25) is 4.79 Å². The van der Waals surface area contributed by atoms with Crippen LogP contribution in [0, 0.1) is 22.7 Å². The molecule has 2 rings (SSSR count). The second-order valence-electron chi connectivity index (χ2n) is 9.85. The molecule has 24 heavy (non-hydrogen) atoms. The van der Waals surface area contributed by atoms with E-state index < -0.39 is 8.32 Å². The normalized spacial score (nSPS) is 36.8. The molecule has 2 aliphatic rings. The number of hydrogen-bond donors (Lipinski definition) is 0. The zero-order chi connectivity index (χ0) is 18.4. The Kier molecular flexibility index (Phi) is 5.11. The van der Waals surface area contributed by atoms with Crippen molar-refractivity contribution in [2.45, 2.75) is 72.5 Å². The number of hydrogen-bond acceptors (Lipinski definition) is 2. The van der Waals surface area contributed by atoms with Gasteiger partial charge in [-0.05, 0) is 54.3 Å². The molecule has 0 bridgehead atoms. The molecule has 0 spiro atoms. The summed E-state index contributed by atoms with van der Waals surface area (Å²) >= 11 is 0. The van der Waals surface area contributed by atoms with Gasteiger partial charge in [0.2, 0.25) is 0 Å². The molecule has 2 aliphatic carbocycles. The molecule has 0 fully saturated rings. The fraction of sp³-hybridized carbons (Fsp3) is 0.762. The van der Waals surface area contributed by atoms with Gasteiger partial charge in [0.15, 0.2) is 14.1 Å². The molecule has 136 valence electrons. The van der Waals surface area contributed by atoms with Gasteiger partial charge in [-0.15, -0.1) is 0 Å². The lowest BCUT2D eigenvalue weighted by Crippen LogP contribution is -2.51. The van der Waals surface area contributed by atoms with Crippen molar-refractivity contribution < 1.29 is 9.22 Å². The molecule has 4 atom stereocenters. The number of allylic oxidation sites excluding steroid dienone is 4. The molecule has 0 saturated carbocycles. The second-order valence-corrected chi connectivity index (χ2v) is 14.7. The standard InChI is InChI=1S/C21H36O2Si/c1-16-10-9-11-17-20(5,13-12-18(22)21(16,17)6)14-15-23-24(7,8)19(2,3)4/h9-10,12-13,16-17H,11,14-15H2,1-8H3/t16-,17-,20-,21-/m0/s1. The van der Waals surface area contributed by atoms with Crippen molar-refractivity contribution in [3.63, 3.8) is 0 Å². The Labute approximate surface area is 149 Å². The highest BCUT2D eigenvalue weighted by molar-refractivity contribution is 6.74. The Morgan fingerprint density at radius 2 is 1.92 bits per heavy atom. The van der Waals surface area contributed by atoms with E-state index in [1.165, 1.54) is 0 Å². The van der Waals surface area contributed by atoms with Gasteiger partial charge in [-0.1, -0.05) is 59.8 Å². The second kappa shape index (κ2) is 6.24. The topological polar surface area (TPSA) is 26.3 Å². The van der Waals surface area contributed by atoms with Crippen molar-refractivity contribution in [3.05, 3.63) is 24.3 Å². The van der Waals surface area contributed by atoms with Gasteiger partial charge in [0.05, 0.1) is 0 Å². The van der Waals surface area contributed by atoms with Crippen LogP contribution in [0.1, 0.15) is 54.4 Å². The van der Waals surface area contributed by atoms with Crippen molar-refractivity contribution >= 4 is 14.1 Å². The first kappa shape index (κ1) is 19.6. The van der Waals surface area contributed by atoms with E-state index >= 15 is 0 Å². The lowest BCUT2D eigenvalue weighted by molar-refractivity contribution is -0.133. The van der Waals surface area contributed by atoms with Gasteiger partial charge < -0.3 is 4.43 Å². The lowest BCUT2D eigenvalue weighted by atomic mass is 9.51. The molecule has 0 aromatic rings. The summed E-state index contributed by atoms with van der Waals surface area (Å²) in [4.78, 5) is 12.7. The highest BCUT2D eigenvalue weighted by Crippen LogP contribution is 2.55. The highest BCUT2D eigenvalue weighted by atomic mass is 28.4. The molecular formula is C21H36O2Si. The zero-order valence-corrected chi connectivity index (χ0v) is 17.9. The maximum absolute atomic E-state index is 12.7. The first-order valence-electron chi connectivity index (χ1n) is 9.39. The van der Waals surface area contributed by atoms with Crippen LogP contribution < -0.4 is 0 Å². The van der Waals surface area contributed by atoms with Crippen molar-refractivity contribution in [2.24, 2.45) is 22.7 Å². The zero-order valence-electron chi connectivity index (χ0n) is 16.9. The summed E-state index contributed by atoms with van der Waals surface area (Å²) in [5.41, 5.74) is -0.237. The Hall–Kier alpha value is -0.673. The first-order chi connectivity index (χ1) is 10.8. The van der Waals surface area contributed by atoms with Crippen LogP contribution in [-0.4, -0.2) is 20.7 Å². The van der Waals surface area contributed by atoms with Crippen LogP contribution >= 0.6 is 0 Å². The molecule has 0 heterocycles. The third kappa shape index (κ3) is 3.22. The molecule has 0 aromatic carbocycles. The summed E-state index contributed by atoms with van der Waals surface area (Å²) in [5.74, 6) is 0.965. The smallest absolute Gasteiger partial charge is 0.191 e. The van der Waals surface area contributed by atoms with E-state index in [-0.39, 0.29) is 15.9 Å². The molecule has 2 nitrogen and oxygen atoms in total. The van der Waals surface area contributed by atoms with Crippen LogP contribution in [0.4, 0.5) is 0 Å². The number of carbonyl (C=O) groups is 1. The first-order valence-corrected chi connectivity index (χ1v) is 12.3. The van der Waals surface area contributed by atoms with Crippen LogP contribution in [0.2, 0.25) is 18.1 Å². The summed E-state index contributed by atoms with van der Waals surface area (Å²) < 4.78 is 6.43. The number of fused-ring (bicyclic) bond motifs is 1. The summed E-state index contributed by atoms with van der Waals surface area (Å²) in [6, 6.07) is 0. The fourth-order valence-electron chi connectivity index (χ4n) is 4.09. The van der Waals surface area contributed by atoms with Crippen LogP contribution in [0.5, 0.6) is 0 Å². The van der Waals surface area contributed by atoms with Gasteiger partial charge in [-0.2, -0.15) is 0 Å². The lowest BCUT2D eigenvalue weighted by Gasteiger charge is -2.52. The Morgan fingerprint density at radius 3 is 2.50 bits per heavy atom. The third-order valence-corrected chi connectivity index (χ3v) is 11.9. The fourth-order valence-corrected chi connectivity index (χ4v) is 5.14. The molecule has 3 heteroatoms. The number of carbonyl (C=O) groups excluding carboxylic acids is 1. The van der Waals surface area contributed by atoms with Crippen molar-refractivity contribution in [3.8, 4) is 0 Å². The van der Waals surface area contributed by atoms with Crippen molar-refractivity contribution in [1.29, 1.82) is 0 Å². The maximum Gasteiger partial charge on any atom is 0.191 e. The van der Waals surface area contributed by atoms with E-state index in [2.05, 4.69) is 72.9 Å². The Bertz CT molecular complexity index is 555. The third-order valence-electron chi connectivity index (χ3n) is 7.32. The quantitative estimate of drug-likeness (QED) is 0.477. The average molecular weight is 349 g/mol. The molecule has 0 saturated heterocycles. The van der Waals surface area contributed by atoms with Crippen LogP contribution in [-0.2, 0) is 9.22 Å². The van der Waals surface area contributed by atoms with Crippen molar-refractivity contribution in [2.75, 3.05) is 6.61 Å². The van der Waals surface area contributed by atoms with Gasteiger partial charge in [0.1, 0.15) is 0 Å². The highest BCUT2D eigenvalue weighted by Gasteiger charge is 2.53. The van der Waals surface area contributed by atoms with Crippen LogP contribution in [0.3, 0.4) is 0 Å². The predicted octanol–water partition coefficient (Wildman–Crippen LogP) is 5.76. The van der Waals surface area contributed by atoms with E-state index in [1.807, 2.05) is 6.08 Å². The molecule has 0 unspecified atom stereocenters. The van der Waals surface area contributed by atoms with Crippen LogP contribution in [0.25, 0.3) is 0 Å². The average Bonchev–Trinajstić information content (AvgIpc) is 2.45. The summed E-state index contributed by atoms with van der Waals surface area (Å²) in [6.45, 7) is 18.9. The molecule has 0 N–H and O–H groups in total. The molecular weight excluding hydrogens is 312 g/mol. The Morgan fingerprint density at radius 1 is 1.29 bits per heavy atom. The molecule has 0 radical (unpaired) electrons.